The summed E-state index contributed by atoms with van der Waals surface area (Å²) in [5, 5.41) is -0.319. The lowest BCUT2D eigenvalue weighted by atomic mass is 10.3. The van der Waals surface area contributed by atoms with Gasteiger partial charge in [-0.2, -0.15) is 16.1 Å². The summed E-state index contributed by atoms with van der Waals surface area (Å²) in [7, 11) is -3.36. The SMILES string of the molecule is CCC1CN(S(=O)(=O)C(CC)C(N)=S)CCS1. The number of hydrogen-bond donors (Lipinski definition) is 1. The molecule has 1 rings (SSSR count). The molecule has 0 aromatic rings. The summed E-state index contributed by atoms with van der Waals surface area (Å²) in [4.78, 5) is 0.0822. The average molecular weight is 296 g/mol. The highest BCUT2D eigenvalue weighted by Gasteiger charge is 2.35. The molecule has 100 valence electrons. The zero-order chi connectivity index (χ0) is 13.1. The molecular weight excluding hydrogens is 276 g/mol. The van der Waals surface area contributed by atoms with Gasteiger partial charge in [-0.1, -0.05) is 26.1 Å². The van der Waals surface area contributed by atoms with Crippen LogP contribution in [0.5, 0.6) is 0 Å². The molecule has 17 heavy (non-hydrogen) atoms. The van der Waals surface area contributed by atoms with Crippen molar-refractivity contribution in [1.82, 2.24) is 4.31 Å². The van der Waals surface area contributed by atoms with E-state index in [4.69, 9.17) is 18.0 Å². The Morgan fingerprint density at radius 3 is 2.71 bits per heavy atom. The van der Waals surface area contributed by atoms with Crippen molar-refractivity contribution in [2.75, 3.05) is 18.8 Å². The number of sulfonamides is 1. The van der Waals surface area contributed by atoms with Crippen molar-refractivity contribution in [3.8, 4) is 0 Å². The van der Waals surface area contributed by atoms with E-state index in [0.717, 1.165) is 12.2 Å². The molecule has 1 aliphatic heterocycles. The molecule has 2 atom stereocenters. The zero-order valence-corrected chi connectivity index (χ0v) is 12.7. The van der Waals surface area contributed by atoms with Crippen LogP contribution in [0, 0.1) is 0 Å². The summed E-state index contributed by atoms with van der Waals surface area (Å²) >= 11 is 6.70. The molecule has 0 aromatic carbocycles. The van der Waals surface area contributed by atoms with Gasteiger partial charge in [-0.3, -0.25) is 0 Å². The van der Waals surface area contributed by atoms with Crippen LogP contribution in [0.3, 0.4) is 0 Å². The number of nitrogens with zero attached hydrogens (tertiary/aromatic N) is 1. The Balaban J connectivity index is 2.85. The van der Waals surface area contributed by atoms with Gasteiger partial charge in [0.1, 0.15) is 5.25 Å². The molecule has 2 N–H and O–H groups in total. The number of thiocarbonyl (C=S) groups is 1. The monoisotopic (exact) mass is 296 g/mol. The molecular formula is C10H20N2O2S3. The van der Waals surface area contributed by atoms with Crippen LogP contribution in [0.1, 0.15) is 26.7 Å². The molecule has 0 aromatic heterocycles. The first-order valence-corrected chi connectivity index (χ1v) is 8.79. The first-order chi connectivity index (χ1) is 7.93. The maximum absolute atomic E-state index is 12.4. The standard InChI is InChI=1S/C10H20N2O2S3/c1-3-8-7-12(5-6-16-8)17(13,14)9(4-2)10(11)15/h8-9H,3-7H2,1-2H3,(H2,11,15). The van der Waals surface area contributed by atoms with E-state index in [0.29, 0.717) is 24.8 Å². The van der Waals surface area contributed by atoms with Crippen molar-refractivity contribution in [1.29, 1.82) is 0 Å². The summed E-state index contributed by atoms with van der Waals surface area (Å²) in [5.41, 5.74) is 5.53. The summed E-state index contributed by atoms with van der Waals surface area (Å²) in [6.45, 7) is 5.04. The molecule has 0 saturated carbocycles. The highest BCUT2D eigenvalue weighted by Crippen LogP contribution is 2.25. The van der Waals surface area contributed by atoms with Gasteiger partial charge in [-0.25, -0.2) is 8.42 Å². The van der Waals surface area contributed by atoms with E-state index in [9.17, 15) is 8.42 Å². The van der Waals surface area contributed by atoms with E-state index in [2.05, 4.69) is 6.92 Å². The Bertz CT molecular complexity index is 370. The van der Waals surface area contributed by atoms with Gasteiger partial charge in [0.05, 0.1) is 4.99 Å². The van der Waals surface area contributed by atoms with E-state index < -0.39 is 15.3 Å². The van der Waals surface area contributed by atoms with Crippen LogP contribution in [-0.4, -0.2) is 47.1 Å². The minimum atomic E-state index is -3.36. The molecule has 1 fully saturated rings. The molecule has 1 aliphatic rings. The fraction of sp³-hybridized carbons (Fsp3) is 0.900. The first kappa shape index (κ1) is 15.2. The quantitative estimate of drug-likeness (QED) is 0.773. The summed E-state index contributed by atoms with van der Waals surface area (Å²) in [5.74, 6) is 0.853. The third-order valence-electron chi connectivity index (χ3n) is 2.96. The molecule has 0 radical (unpaired) electrons. The van der Waals surface area contributed by atoms with Gasteiger partial charge < -0.3 is 5.73 Å². The topological polar surface area (TPSA) is 63.4 Å². The van der Waals surface area contributed by atoms with Gasteiger partial charge in [-0.05, 0) is 12.8 Å². The van der Waals surface area contributed by atoms with Crippen LogP contribution in [0.2, 0.25) is 0 Å². The second-order valence-corrected chi connectivity index (χ2v) is 8.10. The van der Waals surface area contributed by atoms with Crippen molar-refractivity contribution >= 4 is 39.0 Å². The predicted octanol–water partition coefficient (Wildman–Crippen LogP) is 1.21. The highest BCUT2D eigenvalue weighted by molar-refractivity contribution is 8.00. The van der Waals surface area contributed by atoms with Gasteiger partial charge in [-0.15, -0.1) is 0 Å². The van der Waals surface area contributed by atoms with Crippen LogP contribution in [0.4, 0.5) is 0 Å². The fourth-order valence-electron chi connectivity index (χ4n) is 1.91. The summed E-state index contributed by atoms with van der Waals surface area (Å²) in [6, 6.07) is 0. The van der Waals surface area contributed by atoms with Crippen LogP contribution in [-0.2, 0) is 10.0 Å². The molecule has 0 amide bonds. The Morgan fingerprint density at radius 2 is 2.24 bits per heavy atom. The third-order valence-corrected chi connectivity index (χ3v) is 7.13. The Labute approximate surface area is 113 Å². The normalized spacial score (nSPS) is 24.5. The molecule has 0 bridgehead atoms. The molecule has 4 nitrogen and oxygen atoms in total. The van der Waals surface area contributed by atoms with Crippen LogP contribution in [0.15, 0.2) is 0 Å². The lowest BCUT2D eigenvalue weighted by Gasteiger charge is -2.33. The molecule has 1 saturated heterocycles. The lowest BCUT2D eigenvalue weighted by molar-refractivity contribution is 0.412. The minimum absolute atomic E-state index is 0.0822. The number of rotatable bonds is 5. The van der Waals surface area contributed by atoms with Gasteiger partial charge in [0.15, 0.2) is 0 Å². The summed E-state index contributed by atoms with van der Waals surface area (Å²) in [6.07, 6.45) is 1.43. The molecule has 0 spiro atoms. The van der Waals surface area contributed by atoms with Gasteiger partial charge in [0.2, 0.25) is 10.0 Å². The largest absolute Gasteiger partial charge is 0.392 e. The van der Waals surface area contributed by atoms with Crippen LogP contribution >= 0.6 is 24.0 Å². The van der Waals surface area contributed by atoms with Crippen molar-refractivity contribution in [3.63, 3.8) is 0 Å². The third kappa shape index (κ3) is 3.56. The fourth-order valence-corrected chi connectivity index (χ4v) is 5.64. The van der Waals surface area contributed by atoms with Crippen LogP contribution in [0.25, 0.3) is 0 Å². The number of thioether (sulfide) groups is 1. The summed E-state index contributed by atoms with van der Waals surface area (Å²) < 4.78 is 26.3. The number of nitrogens with two attached hydrogens (primary N) is 1. The van der Waals surface area contributed by atoms with Crippen molar-refractivity contribution in [2.24, 2.45) is 5.73 Å². The average Bonchev–Trinajstić information content (AvgIpc) is 2.29. The van der Waals surface area contributed by atoms with E-state index in [1.807, 2.05) is 11.8 Å². The first-order valence-electron chi connectivity index (χ1n) is 5.83. The molecule has 7 heteroatoms. The Kier molecular flexibility index (Phi) is 5.69. The van der Waals surface area contributed by atoms with Crippen LogP contribution < -0.4 is 5.73 Å². The van der Waals surface area contributed by atoms with Crippen molar-refractivity contribution < 1.29 is 8.42 Å². The zero-order valence-electron chi connectivity index (χ0n) is 10.3. The van der Waals surface area contributed by atoms with Crippen molar-refractivity contribution in [3.05, 3.63) is 0 Å². The molecule has 0 aliphatic carbocycles. The predicted molar refractivity (Wildman–Crippen MR) is 77.9 cm³/mol. The van der Waals surface area contributed by atoms with E-state index in [-0.39, 0.29) is 4.99 Å². The van der Waals surface area contributed by atoms with Gasteiger partial charge in [0.25, 0.3) is 0 Å². The van der Waals surface area contributed by atoms with E-state index >= 15 is 0 Å². The highest BCUT2D eigenvalue weighted by atomic mass is 32.2. The smallest absolute Gasteiger partial charge is 0.223 e. The maximum Gasteiger partial charge on any atom is 0.223 e. The van der Waals surface area contributed by atoms with Gasteiger partial charge >= 0.3 is 0 Å². The minimum Gasteiger partial charge on any atom is -0.392 e. The van der Waals surface area contributed by atoms with E-state index in [1.54, 1.807) is 11.2 Å². The lowest BCUT2D eigenvalue weighted by Crippen LogP contribution is -2.49. The molecule has 2 unspecified atom stereocenters. The van der Waals surface area contributed by atoms with Gasteiger partial charge in [0, 0.05) is 24.1 Å². The molecule has 1 heterocycles. The maximum atomic E-state index is 12.4. The Hall–Kier alpha value is 0.150. The second kappa shape index (κ2) is 6.36. The number of hydrogen-bond acceptors (Lipinski definition) is 4. The van der Waals surface area contributed by atoms with Crippen molar-refractivity contribution in [2.45, 2.75) is 37.2 Å². The Morgan fingerprint density at radius 1 is 1.59 bits per heavy atom. The van der Waals surface area contributed by atoms with E-state index in [1.165, 1.54) is 0 Å². The second-order valence-electron chi connectivity index (χ2n) is 4.10.